The third kappa shape index (κ3) is 4.68. The van der Waals surface area contributed by atoms with Crippen LogP contribution < -0.4 is 9.64 Å². The summed E-state index contributed by atoms with van der Waals surface area (Å²) >= 11 is 1.45. The predicted octanol–water partition coefficient (Wildman–Crippen LogP) is 6.88. The van der Waals surface area contributed by atoms with Gasteiger partial charge in [0.2, 0.25) is 0 Å². The van der Waals surface area contributed by atoms with Crippen LogP contribution in [-0.4, -0.2) is 16.8 Å². The van der Waals surface area contributed by atoms with Gasteiger partial charge < -0.3 is 9.84 Å². The number of Topliss-reactive ketones (excluding diaryl/α,β-unsaturated/α-hetero) is 1. The summed E-state index contributed by atoms with van der Waals surface area (Å²) in [6.45, 7) is 6.29. The molecule has 0 spiro atoms. The number of aliphatic hydroxyl groups excluding tert-OH is 1. The lowest BCUT2D eigenvalue weighted by molar-refractivity contribution is -0.132. The molecule has 1 aliphatic heterocycles. The molecule has 1 atom stereocenters. The molecule has 0 saturated carbocycles. The van der Waals surface area contributed by atoms with Crippen molar-refractivity contribution in [3.05, 3.63) is 123 Å². The Morgan fingerprint density at radius 1 is 0.892 bits per heavy atom. The average molecular weight is 510 g/mol. The van der Waals surface area contributed by atoms with E-state index in [1.807, 2.05) is 86.8 Å². The van der Waals surface area contributed by atoms with Gasteiger partial charge in [0.15, 0.2) is 0 Å². The van der Waals surface area contributed by atoms with Crippen molar-refractivity contribution < 1.29 is 19.4 Å². The number of ketones is 1. The van der Waals surface area contributed by atoms with Gasteiger partial charge in [-0.1, -0.05) is 42.5 Å². The van der Waals surface area contributed by atoms with Gasteiger partial charge in [-0.2, -0.15) is 0 Å². The summed E-state index contributed by atoms with van der Waals surface area (Å²) < 4.78 is 5.97. The molecule has 1 amide bonds. The molecule has 1 fully saturated rings. The van der Waals surface area contributed by atoms with Crippen LogP contribution in [0.25, 0.3) is 5.76 Å². The van der Waals surface area contributed by atoms with Crippen LogP contribution in [0.15, 0.2) is 89.8 Å². The Morgan fingerprint density at radius 2 is 1.68 bits per heavy atom. The van der Waals surface area contributed by atoms with E-state index in [4.69, 9.17) is 4.74 Å². The molecule has 2 heterocycles. The minimum atomic E-state index is -0.712. The molecule has 37 heavy (non-hydrogen) atoms. The largest absolute Gasteiger partial charge is 0.507 e. The van der Waals surface area contributed by atoms with E-state index in [-0.39, 0.29) is 11.3 Å². The number of anilines is 1. The lowest BCUT2D eigenvalue weighted by atomic mass is 9.98. The first-order valence-corrected chi connectivity index (χ1v) is 12.9. The second kappa shape index (κ2) is 10.1. The first-order valence-electron chi connectivity index (χ1n) is 12.0. The summed E-state index contributed by atoms with van der Waals surface area (Å²) in [4.78, 5) is 29.0. The number of ether oxygens (including phenoxy) is 1. The van der Waals surface area contributed by atoms with Gasteiger partial charge in [0.25, 0.3) is 11.7 Å². The molecule has 0 bridgehead atoms. The van der Waals surface area contributed by atoms with Gasteiger partial charge in [-0.25, -0.2) is 0 Å². The molecule has 5 rings (SSSR count). The highest BCUT2D eigenvalue weighted by molar-refractivity contribution is 7.10. The lowest BCUT2D eigenvalue weighted by Gasteiger charge is -2.25. The fraction of sp³-hybridized carbons (Fsp3) is 0.161. The van der Waals surface area contributed by atoms with Crippen molar-refractivity contribution in [1.29, 1.82) is 0 Å². The SMILES string of the molecule is Cc1ccc(N2C(=O)C(=O)/C(=C(\O)c3ccc(OCc4ccccc4)c(C)c3)C2c2cccs2)cc1C. The van der Waals surface area contributed by atoms with E-state index in [1.165, 1.54) is 16.2 Å². The summed E-state index contributed by atoms with van der Waals surface area (Å²) in [7, 11) is 0. The Morgan fingerprint density at radius 3 is 2.35 bits per heavy atom. The van der Waals surface area contributed by atoms with Gasteiger partial charge in [0.1, 0.15) is 24.2 Å². The summed E-state index contributed by atoms with van der Waals surface area (Å²) in [5, 5.41) is 13.3. The molecule has 0 aliphatic carbocycles. The average Bonchev–Trinajstić information content (AvgIpc) is 3.52. The predicted molar refractivity (Wildman–Crippen MR) is 147 cm³/mol. The van der Waals surface area contributed by atoms with E-state index in [0.717, 1.165) is 27.1 Å². The van der Waals surface area contributed by atoms with Crippen LogP contribution in [0.5, 0.6) is 5.75 Å². The van der Waals surface area contributed by atoms with E-state index in [9.17, 15) is 14.7 Å². The molecule has 6 heteroatoms. The van der Waals surface area contributed by atoms with Gasteiger partial charge in [-0.3, -0.25) is 14.5 Å². The molecular formula is C31H27NO4S. The Kier molecular flexibility index (Phi) is 6.68. The quantitative estimate of drug-likeness (QED) is 0.175. The Labute approximate surface area is 220 Å². The van der Waals surface area contributed by atoms with Crippen molar-refractivity contribution >= 4 is 34.5 Å². The van der Waals surface area contributed by atoms with E-state index in [0.29, 0.717) is 23.6 Å². The first kappa shape index (κ1) is 24.5. The van der Waals surface area contributed by atoms with Crippen LogP contribution in [0.4, 0.5) is 5.69 Å². The van der Waals surface area contributed by atoms with Crippen LogP contribution in [0.2, 0.25) is 0 Å². The molecular weight excluding hydrogens is 482 g/mol. The molecule has 5 nitrogen and oxygen atoms in total. The van der Waals surface area contributed by atoms with Crippen molar-refractivity contribution in [1.82, 2.24) is 0 Å². The standard InChI is InChI=1S/C31H27NO4S/c1-19-11-13-24(17-20(19)2)32-28(26-10-7-15-37-26)27(30(34)31(32)35)29(33)23-12-14-25(21(3)16-23)36-18-22-8-5-4-6-9-22/h4-17,28,33H,18H2,1-3H3/b29-27-. The number of carbonyl (C=O) groups excluding carboxylic acids is 2. The van der Waals surface area contributed by atoms with Crippen molar-refractivity contribution in [2.45, 2.75) is 33.4 Å². The normalized spacial score (nSPS) is 16.8. The minimum Gasteiger partial charge on any atom is -0.507 e. The van der Waals surface area contributed by atoms with Gasteiger partial charge >= 0.3 is 0 Å². The van der Waals surface area contributed by atoms with Crippen molar-refractivity contribution in [3.8, 4) is 5.75 Å². The fourth-order valence-electron chi connectivity index (χ4n) is 4.54. The number of carbonyl (C=O) groups is 2. The van der Waals surface area contributed by atoms with E-state index >= 15 is 0 Å². The second-order valence-electron chi connectivity index (χ2n) is 9.21. The number of hydrogen-bond donors (Lipinski definition) is 1. The maximum Gasteiger partial charge on any atom is 0.300 e. The number of hydrogen-bond acceptors (Lipinski definition) is 5. The number of aryl methyl sites for hydroxylation is 3. The number of amides is 1. The number of nitrogens with zero attached hydrogens (tertiary/aromatic N) is 1. The molecule has 3 aromatic carbocycles. The summed E-state index contributed by atoms with van der Waals surface area (Å²) in [5.41, 5.74) is 5.16. The van der Waals surface area contributed by atoms with Crippen LogP contribution in [0.1, 0.15) is 38.7 Å². The van der Waals surface area contributed by atoms with Crippen LogP contribution in [-0.2, 0) is 16.2 Å². The van der Waals surface area contributed by atoms with Gasteiger partial charge in [-0.15, -0.1) is 11.3 Å². The zero-order valence-corrected chi connectivity index (χ0v) is 21.7. The zero-order valence-electron chi connectivity index (χ0n) is 20.9. The Bertz CT molecular complexity index is 1510. The third-order valence-electron chi connectivity index (χ3n) is 6.71. The second-order valence-corrected chi connectivity index (χ2v) is 10.2. The van der Waals surface area contributed by atoms with Gasteiger partial charge in [0.05, 0.1) is 5.57 Å². The lowest BCUT2D eigenvalue weighted by Crippen LogP contribution is -2.29. The number of benzene rings is 3. The molecule has 4 aromatic rings. The molecule has 1 aliphatic rings. The Balaban J connectivity index is 1.53. The summed E-state index contributed by atoms with van der Waals surface area (Å²) in [6, 6.07) is 23.9. The van der Waals surface area contributed by atoms with E-state index in [1.54, 1.807) is 18.2 Å². The highest BCUT2D eigenvalue weighted by Gasteiger charge is 2.47. The highest BCUT2D eigenvalue weighted by Crippen LogP contribution is 2.44. The molecule has 0 radical (unpaired) electrons. The molecule has 1 N–H and O–H groups in total. The third-order valence-corrected chi connectivity index (χ3v) is 7.64. The topological polar surface area (TPSA) is 66.8 Å². The summed E-state index contributed by atoms with van der Waals surface area (Å²) in [6.07, 6.45) is 0. The smallest absolute Gasteiger partial charge is 0.300 e. The monoisotopic (exact) mass is 509 g/mol. The zero-order chi connectivity index (χ0) is 26.1. The number of aliphatic hydroxyl groups is 1. The molecule has 186 valence electrons. The molecule has 1 aromatic heterocycles. The van der Waals surface area contributed by atoms with Crippen molar-refractivity contribution in [2.75, 3.05) is 4.90 Å². The van der Waals surface area contributed by atoms with Crippen molar-refractivity contribution in [3.63, 3.8) is 0 Å². The highest BCUT2D eigenvalue weighted by atomic mass is 32.1. The van der Waals surface area contributed by atoms with E-state index < -0.39 is 17.7 Å². The molecule has 1 unspecified atom stereocenters. The maximum atomic E-state index is 13.3. The van der Waals surface area contributed by atoms with Gasteiger partial charge in [-0.05, 0) is 84.8 Å². The van der Waals surface area contributed by atoms with Crippen LogP contribution in [0.3, 0.4) is 0 Å². The maximum absolute atomic E-state index is 13.3. The number of thiophene rings is 1. The summed E-state index contributed by atoms with van der Waals surface area (Å²) in [5.74, 6) is -0.856. The van der Waals surface area contributed by atoms with E-state index in [2.05, 4.69) is 0 Å². The first-order chi connectivity index (χ1) is 17.8. The minimum absolute atomic E-state index is 0.0861. The Hall–Kier alpha value is -4.16. The number of rotatable bonds is 6. The van der Waals surface area contributed by atoms with Crippen LogP contribution >= 0.6 is 11.3 Å². The molecule has 1 saturated heterocycles. The van der Waals surface area contributed by atoms with Crippen molar-refractivity contribution in [2.24, 2.45) is 0 Å². The van der Waals surface area contributed by atoms with Gasteiger partial charge in [0, 0.05) is 16.1 Å². The fourth-order valence-corrected chi connectivity index (χ4v) is 5.36. The van der Waals surface area contributed by atoms with Crippen LogP contribution in [0, 0.1) is 20.8 Å².